The second kappa shape index (κ2) is 8.68. The summed E-state index contributed by atoms with van der Waals surface area (Å²) in [6.45, 7) is 3.54. The number of aryl methyl sites for hydroxylation is 1. The van der Waals surface area contributed by atoms with Gasteiger partial charge in [0.25, 0.3) is 5.91 Å². The number of carbonyl (C=O) groups excluding carboxylic acids is 2. The molecule has 1 aliphatic carbocycles. The van der Waals surface area contributed by atoms with Gasteiger partial charge in [-0.05, 0) is 50.7 Å². The molecule has 2 aliphatic rings. The summed E-state index contributed by atoms with van der Waals surface area (Å²) in [6.07, 6.45) is 3.94. The lowest BCUT2D eigenvalue weighted by Gasteiger charge is -2.18. The van der Waals surface area contributed by atoms with Crippen molar-refractivity contribution in [2.75, 3.05) is 19.6 Å². The van der Waals surface area contributed by atoms with Gasteiger partial charge in [-0.3, -0.25) is 9.59 Å². The maximum atomic E-state index is 12.4. The quantitative estimate of drug-likeness (QED) is 0.536. The Morgan fingerprint density at radius 3 is 2.80 bits per heavy atom. The summed E-state index contributed by atoms with van der Waals surface area (Å²) in [5.74, 6) is 0.214. The SMILES string of the molecule is C[C@@H](Oc1cc2oc(=O)c3c(c2cc1Cl)CCC3)C(=O)NCCCN1CCCC1=O. The van der Waals surface area contributed by atoms with E-state index in [4.69, 9.17) is 20.8 Å². The van der Waals surface area contributed by atoms with Gasteiger partial charge in [-0.25, -0.2) is 4.79 Å². The third kappa shape index (κ3) is 4.17. The molecule has 1 aromatic carbocycles. The average molecular weight is 433 g/mol. The summed E-state index contributed by atoms with van der Waals surface area (Å²) in [4.78, 5) is 38.0. The molecule has 4 rings (SSSR count). The number of carbonyl (C=O) groups is 2. The third-order valence-electron chi connectivity index (χ3n) is 5.77. The minimum Gasteiger partial charge on any atom is -0.479 e. The van der Waals surface area contributed by atoms with Crippen molar-refractivity contribution in [3.63, 3.8) is 0 Å². The van der Waals surface area contributed by atoms with Crippen LogP contribution in [0.1, 0.15) is 43.7 Å². The number of benzene rings is 1. The van der Waals surface area contributed by atoms with Crippen LogP contribution in [0.25, 0.3) is 11.0 Å². The van der Waals surface area contributed by atoms with Gasteiger partial charge in [0.15, 0.2) is 6.10 Å². The van der Waals surface area contributed by atoms with Crippen LogP contribution in [0.3, 0.4) is 0 Å². The number of halogens is 1. The number of nitrogens with zero attached hydrogens (tertiary/aromatic N) is 1. The summed E-state index contributed by atoms with van der Waals surface area (Å²) in [5.41, 5.74) is 1.83. The molecule has 1 aromatic heterocycles. The second-order valence-corrected chi connectivity index (χ2v) is 8.28. The zero-order valence-corrected chi connectivity index (χ0v) is 17.7. The zero-order chi connectivity index (χ0) is 21.3. The summed E-state index contributed by atoms with van der Waals surface area (Å²) in [7, 11) is 0. The summed E-state index contributed by atoms with van der Waals surface area (Å²) in [6, 6.07) is 3.33. The molecule has 2 aromatic rings. The number of fused-ring (bicyclic) bond motifs is 3. The van der Waals surface area contributed by atoms with Gasteiger partial charge in [-0.15, -0.1) is 0 Å². The van der Waals surface area contributed by atoms with Gasteiger partial charge in [0.2, 0.25) is 5.91 Å². The maximum absolute atomic E-state index is 12.4. The fourth-order valence-corrected chi connectivity index (χ4v) is 4.39. The number of likely N-dealkylation sites (tertiary alicyclic amines) is 1. The van der Waals surface area contributed by atoms with Gasteiger partial charge in [0.1, 0.15) is 11.3 Å². The van der Waals surface area contributed by atoms with E-state index in [1.807, 2.05) is 4.90 Å². The van der Waals surface area contributed by atoms with Gasteiger partial charge < -0.3 is 19.4 Å². The topological polar surface area (TPSA) is 88.8 Å². The number of ether oxygens (including phenoxy) is 1. The molecule has 1 aliphatic heterocycles. The molecule has 160 valence electrons. The smallest absolute Gasteiger partial charge is 0.339 e. The molecule has 30 heavy (non-hydrogen) atoms. The summed E-state index contributed by atoms with van der Waals surface area (Å²) < 4.78 is 11.2. The minimum atomic E-state index is -0.769. The van der Waals surface area contributed by atoms with Crippen LogP contribution in [0.4, 0.5) is 0 Å². The van der Waals surface area contributed by atoms with Crippen molar-refractivity contribution in [3.8, 4) is 5.75 Å². The molecule has 0 saturated carbocycles. The Hall–Kier alpha value is -2.54. The highest BCUT2D eigenvalue weighted by molar-refractivity contribution is 6.32. The molecule has 1 N–H and O–H groups in total. The van der Waals surface area contributed by atoms with Gasteiger partial charge in [0.05, 0.1) is 5.02 Å². The molecule has 0 radical (unpaired) electrons. The van der Waals surface area contributed by atoms with E-state index in [-0.39, 0.29) is 17.4 Å². The van der Waals surface area contributed by atoms with E-state index >= 15 is 0 Å². The lowest BCUT2D eigenvalue weighted by atomic mass is 10.1. The molecule has 2 heterocycles. The van der Waals surface area contributed by atoms with Gasteiger partial charge in [-0.2, -0.15) is 0 Å². The van der Waals surface area contributed by atoms with E-state index < -0.39 is 6.10 Å². The van der Waals surface area contributed by atoms with Crippen LogP contribution < -0.4 is 15.7 Å². The summed E-state index contributed by atoms with van der Waals surface area (Å²) >= 11 is 6.39. The third-order valence-corrected chi connectivity index (χ3v) is 6.07. The second-order valence-electron chi connectivity index (χ2n) is 7.87. The Balaban J connectivity index is 1.37. The van der Waals surface area contributed by atoms with Gasteiger partial charge in [-0.1, -0.05) is 11.6 Å². The lowest BCUT2D eigenvalue weighted by Crippen LogP contribution is -2.38. The van der Waals surface area contributed by atoms with Crippen LogP contribution in [-0.2, 0) is 22.4 Å². The molecule has 0 bridgehead atoms. The van der Waals surface area contributed by atoms with Crippen LogP contribution in [-0.4, -0.2) is 42.5 Å². The Morgan fingerprint density at radius 1 is 1.23 bits per heavy atom. The summed E-state index contributed by atoms with van der Waals surface area (Å²) in [5, 5.41) is 4.02. The highest BCUT2D eigenvalue weighted by Crippen LogP contribution is 2.35. The van der Waals surface area contributed by atoms with E-state index in [0.29, 0.717) is 42.3 Å². The number of hydrogen-bond donors (Lipinski definition) is 1. The van der Waals surface area contributed by atoms with E-state index in [0.717, 1.165) is 48.7 Å². The first kappa shape index (κ1) is 20.7. The highest BCUT2D eigenvalue weighted by Gasteiger charge is 2.23. The van der Waals surface area contributed by atoms with Crippen molar-refractivity contribution < 1.29 is 18.7 Å². The van der Waals surface area contributed by atoms with Crippen LogP contribution >= 0.6 is 11.6 Å². The van der Waals surface area contributed by atoms with Crippen LogP contribution in [0.2, 0.25) is 5.02 Å². The fraction of sp³-hybridized carbons (Fsp3) is 0.500. The van der Waals surface area contributed by atoms with E-state index in [1.54, 1.807) is 19.1 Å². The van der Waals surface area contributed by atoms with Gasteiger partial charge in [0, 0.05) is 43.1 Å². The number of hydrogen-bond acceptors (Lipinski definition) is 5. The number of nitrogens with one attached hydrogen (secondary N) is 1. The van der Waals surface area contributed by atoms with E-state index in [9.17, 15) is 14.4 Å². The highest BCUT2D eigenvalue weighted by atomic mass is 35.5. The Kier molecular flexibility index (Phi) is 5.99. The molecule has 8 heteroatoms. The Bertz CT molecular complexity index is 1050. The number of amides is 2. The molecule has 1 fully saturated rings. The van der Waals surface area contributed by atoms with Crippen molar-refractivity contribution in [3.05, 3.63) is 38.7 Å². The molecule has 1 atom stereocenters. The van der Waals surface area contributed by atoms with Crippen LogP contribution in [0.5, 0.6) is 5.75 Å². The van der Waals surface area contributed by atoms with Crippen LogP contribution in [0.15, 0.2) is 21.3 Å². The fourth-order valence-electron chi connectivity index (χ4n) is 4.18. The minimum absolute atomic E-state index is 0.182. The first-order valence-corrected chi connectivity index (χ1v) is 10.8. The molecule has 2 amide bonds. The van der Waals surface area contributed by atoms with Crippen molar-refractivity contribution in [1.82, 2.24) is 10.2 Å². The standard InChI is InChI=1S/C22H25ClN2O5/c1-13(21(27)24-8-4-10-25-9-3-7-20(25)26)29-19-12-18-16(11-17(19)23)14-5-2-6-15(14)22(28)30-18/h11-13H,2-10H2,1H3,(H,24,27)/t13-/m1/s1. The van der Waals surface area contributed by atoms with E-state index in [1.165, 1.54) is 0 Å². The predicted molar refractivity (Wildman–Crippen MR) is 113 cm³/mol. The average Bonchev–Trinajstić information content (AvgIpc) is 3.36. The van der Waals surface area contributed by atoms with Crippen LogP contribution in [0, 0.1) is 0 Å². The zero-order valence-electron chi connectivity index (χ0n) is 17.0. The monoisotopic (exact) mass is 432 g/mol. The maximum Gasteiger partial charge on any atom is 0.339 e. The molecule has 0 unspecified atom stereocenters. The molecule has 1 saturated heterocycles. The largest absolute Gasteiger partial charge is 0.479 e. The number of rotatable bonds is 7. The molecular weight excluding hydrogens is 408 g/mol. The Morgan fingerprint density at radius 2 is 2.03 bits per heavy atom. The first-order chi connectivity index (χ1) is 14.4. The molecule has 7 nitrogen and oxygen atoms in total. The van der Waals surface area contributed by atoms with Gasteiger partial charge >= 0.3 is 5.63 Å². The molecule has 0 spiro atoms. The van der Waals surface area contributed by atoms with Crippen molar-refractivity contribution in [2.24, 2.45) is 0 Å². The van der Waals surface area contributed by atoms with E-state index in [2.05, 4.69) is 5.32 Å². The first-order valence-electron chi connectivity index (χ1n) is 10.4. The lowest BCUT2D eigenvalue weighted by molar-refractivity contribution is -0.127. The van der Waals surface area contributed by atoms with Crippen molar-refractivity contribution in [1.29, 1.82) is 0 Å². The molecular formula is C22H25ClN2O5. The normalized spacial score (nSPS) is 16.7. The van der Waals surface area contributed by atoms with Crippen molar-refractivity contribution >= 4 is 34.4 Å². The predicted octanol–water partition coefficient (Wildman–Crippen LogP) is 2.83. The Labute approximate surface area is 179 Å². The van der Waals surface area contributed by atoms with Crippen molar-refractivity contribution in [2.45, 2.75) is 51.6 Å².